The number of benzene rings is 1. The van der Waals surface area contributed by atoms with Crippen LogP contribution in [0.3, 0.4) is 0 Å². The van der Waals surface area contributed by atoms with Gasteiger partial charge in [0.05, 0.1) is 11.3 Å². The zero-order valence-corrected chi connectivity index (χ0v) is 22.0. The highest BCUT2D eigenvalue weighted by Gasteiger charge is 2.43. The lowest BCUT2D eigenvalue weighted by Gasteiger charge is -2.41. The van der Waals surface area contributed by atoms with E-state index in [1.165, 1.54) is 12.3 Å². The van der Waals surface area contributed by atoms with E-state index >= 15 is 0 Å². The molecule has 1 saturated carbocycles. The Bertz CT molecular complexity index is 1070. The van der Waals surface area contributed by atoms with Gasteiger partial charge in [0.25, 0.3) is 5.91 Å². The maximum atomic E-state index is 13.2. The number of nitrogens with one attached hydrogen (secondary N) is 2. The number of halogens is 3. The van der Waals surface area contributed by atoms with Crippen molar-refractivity contribution in [3.63, 3.8) is 0 Å². The van der Waals surface area contributed by atoms with Gasteiger partial charge in [0, 0.05) is 37.0 Å². The molecule has 2 aliphatic rings. The molecule has 1 aliphatic heterocycles. The van der Waals surface area contributed by atoms with Crippen molar-refractivity contribution < 1.29 is 31.2 Å². The van der Waals surface area contributed by atoms with E-state index < -0.39 is 33.5 Å². The topological polar surface area (TPSA) is 95.6 Å². The second kappa shape index (κ2) is 10.7. The van der Waals surface area contributed by atoms with E-state index in [9.17, 15) is 31.2 Å². The Morgan fingerprint density at radius 3 is 2.44 bits per heavy atom. The highest BCUT2D eigenvalue weighted by molar-refractivity contribution is 7.90. The second-order valence-electron chi connectivity index (χ2n) is 11.3. The quantitative estimate of drug-likeness (QED) is 0.563. The van der Waals surface area contributed by atoms with Gasteiger partial charge >= 0.3 is 6.18 Å². The molecule has 2 amide bonds. The van der Waals surface area contributed by atoms with Crippen LogP contribution in [0.4, 0.5) is 13.2 Å². The molecule has 7 nitrogen and oxygen atoms in total. The standard InChI is InChI=1S/C25H36F3N3O4S/c1-24(2,3)15-29-19-8-9-21(17(13-19)14-36(4,34)35)31-11-10-20(23(31)33)30-22(32)16-6-5-7-18(12-16)25(26,27)28/h5-7,12,17,19-21,29H,8-11,13-15H2,1-4H3,(H,30,32)/t17-,19+,20-,21-/m0/s1. The third-order valence-electron chi connectivity index (χ3n) is 6.78. The summed E-state index contributed by atoms with van der Waals surface area (Å²) in [5, 5.41) is 6.11. The normalized spacial score (nSPS) is 25.8. The van der Waals surface area contributed by atoms with E-state index in [0.29, 0.717) is 25.8 Å². The summed E-state index contributed by atoms with van der Waals surface area (Å²) in [7, 11) is -3.28. The van der Waals surface area contributed by atoms with Crippen molar-refractivity contribution in [1.29, 1.82) is 0 Å². The Morgan fingerprint density at radius 1 is 1.14 bits per heavy atom. The predicted octanol–water partition coefficient (Wildman–Crippen LogP) is 3.25. The van der Waals surface area contributed by atoms with Crippen LogP contribution in [0.5, 0.6) is 0 Å². The van der Waals surface area contributed by atoms with Gasteiger partial charge in [0.2, 0.25) is 5.91 Å². The number of sulfone groups is 1. The van der Waals surface area contributed by atoms with Gasteiger partial charge in [-0.2, -0.15) is 13.2 Å². The fraction of sp³-hybridized carbons (Fsp3) is 0.680. The first-order valence-corrected chi connectivity index (χ1v) is 14.3. The van der Waals surface area contributed by atoms with Gasteiger partial charge in [0.1, 0.15) is 15.9 Å². The predicted molar refractivity (Wildman–Crippen MR) is 131 cm³/mol. The van der Waals surface area contributed by atoms with Crippen molar-refractivity contribution in [3.8, 4) is 0 Å². The van der Waals surface area contributed by atoms with E-state index in [1.807, 2.05) is 0 Å². The van der Waals surface area contributed by atoms with Crippen molar-refractivity contribution in [2.24, 2.45) is 11.3 Å². The van der Waals surface area contributed by atoms with E-state index in [4.69, 9.17) is 0 Å². The maximum absolute atomic E-state index is 13.2. The van der Waals surface area contributed by atoms with Gasteiger partial charge in [0.15, 0.2) is 0 Å². The summed E-state index contributed by atoms with van der Waals surface area (Å²) in [6, 6.07) is 3.10. The zero-order chi connectivity index (χ0) is 26.9. The second-order valence-corrected chi connectivity index (χ2v) is 13.5. The van der Waals surface area contributed by atoms with Crippen LogP contribution >= 0.6 is 0 Å². The summed E-state index contributed by atoms with van der Waals surface area (Å²) in [6.07, 6.45) is -1.00. The number of nitrogens with zero attached hydrogens (tertiary/aromatic N) is 1. The van der Waals surface area contributed by atoms with E-state index in [0.717, 1.165) is 31.2 Å². The summed E-state index contributed by atoms with van der Waals surface area (Å²) in [5.74, 6) is -1.34. The molecule has 3 rings (SSSR count). The van der Waals surface area contributed by atoms with Crippen LogP contribution in [-0.4, -0.2) is 68.4 Å². The SMILES string of the molecule is CC(C)(C)CN[C@@H]1CC[C@H](N2CC[C@H](NC(=O)c3cccc(C(F)(F)F)c3)C2=O)[C@H](CS(C)(=O)=O)C1. The van der Waals surface area contributed by atoms with E-state index in [-0.39, 0.29) is 40.6 Å². The molecule has 0 bridgehead atoms. The average Bonchev–Trinajstić information content (AvgIpc) is 3.10. The van der Waals surface area contributed by atoms with Crippen LogP contribution in [0.15, 0.2) is 24.3 Å². The van der Waals surface area contributed by atoms with E-state index in [2.05, 4.69) is 31.4 Å². The Balaban J connectivity index is 1.68. The van der Waals surface area contributed by atoms with Crippen molar-refractivity contribution in [2.75, 3.05) is 25.1 Å². The van der Waals surface area contributed by atoms with E-state index in [1.54, 1.807) is 4.90 Å². The monoisotopic (exact) mass is 531 g/mol. The Labute approximate surface area is 211 Å². The smallest absolute Gasteiger partial charge is 0.340 e. The molecule has 202 valence electrons. The molecule has 0 aromatic heterocycles. The number of likely N-dealkylation sites (tertiary alicyclic amines) is 1. The molecule has 0 spiro atoms. The Hall–Kier alpha value is -2.14. The number of alkyl halides is 3. The molecule has 1 aliphatic carbocycles. The summed E-state index contributed by atoms with van der Waals surface area (Å²) in [5.41, 5.74) is -1.02. The fourth-order valence-electron chi connectivity index (χ4n) is 5.11. The summed E-state index contributed by atoms with van der Waals surface area (Å²) < 4.78 is 63.3. The highest BCUT2D eigenvalue weighted by Crippen LogP contribution is 2.33. The summed E-state index contributed by atoms with van der Waals surface area (Å²) >= 11 is 0. The lowest BCUT2D eigenvalue weighted by molar-refractivity contribution is -0.137. The van der Waals surface area contributed by atoms with Gasteiger partial charge in [-0.25, -0.2) is 8.42 Å². The van der Waals surface area contributed by atoms with Crippen LogP contribution in [-0.2, 0) is 20.8 Å². The van der Waals surface area contributed by atoms with Gasteiger partial charge in [-0.3, -0.25) is 9.59 Å². The van der Waals surface area contributed by atoms with Crippen LogP contribution in [0, 0.1) is 11.3 Å². The molecule has 1 aromatic carbocycles. The summed E-state index contributed by atoms with van der Waals surface area (Å²) in [6.45, 7) is 7.51. The molecular formula is C25H36F3N3O4S. The minimum absolute atomic E-state index is 0.0313. The van der Waals surface area contributed by atoms with Gasteiger partial charge in [-0.1, -0.05) is 26.8 Å². The number of hydrogen-bond donors (Lipinski definition) is 2. The molecule has 4 atom stereocenters. The number of hydrogen-bond acceptors (Lipinski definition) is 5. The molecule has 36 heavy (non-hydrogen) atoms. The average molecular weight is 532 g/mol. The minimum Gasteiger partial charge on any atom is -0.340 e. The molecular weight excluding hydrogens is 495 g/mol. The van der Waals surface area contributed by atoms with Crippen LogP contribution in [0.1, 0.15) is 62.4 Å². The maximum Gasteiger partial charge on any atom is 0.416 e. The van der Waals surface area contributed by atoms with Crippen molar-refractivity contribution in [2.45, 2.75) is 70.8 Å². The first-order chi connectivity index (χ1) is 16.5. The number of carbonyl (C=O) groups excluding carboxylic acids is 2. The molecule has 1 saturated heterocycles. The van der Waals surface area contributed by atoms with Crippen molar-refractivity contribution >= 4 is 21.7 Å². The number of carbonyl (C=O) groups is 2. The number of rotatable bonds is 7. The summed E-state index contributed by atoms with van der Waals surface area (Å²) in [4.78, 5) is 27.5. The number of amides is 2. The van der Waals surface area contributed by atoms with Gasteiger partial charge in [-0.05, 0) is 55.2 Å². The molecule has 1 aromatic rings. The molecule has 11 heteroatoms. The van der Waals surface area contributed by atoms with Crippen LogP contribution < -0.4 is 10.6 Å². The molecule has 0 radical (unpaired) electrons. The minimum atomic E-state index is -4.58. The third kappa shape index (κ3) is 7.68. The highest BCUT2D eigenvalue weighted by atomic mass is 32.2. The first-order valence-electron chi connectivity index (χ1n) is 12.2. The molecule has 2 N–H and O–H groups in total. The Kier molecular flexibility index (Phi) is 8.44. The molecule has 2 fully saturated rings. The zero-order valence-electron chi connectivity index (χ0n) is 21.2. The van der Waals surface area contributed by atoms with Crippen LogP contribution in [0.25, 0.3) is 0 Å². The third-order valence-corrected chi connectivity index (χ3v) is 7.81. The fourth-order valence-corrected chi connectivity index (χ4v) is 6.24. The van der Waals surface area contributed by atoms with Crippen molar-refractivity contribution in [1.82, 2.24) is 15.5 Å². The molecule has 0 unspecified atom stereocenters. The largest absolute Gasteiger partial charge is 0.416 e. The first kappa shape index (κ1) is 28.4. The van der Waals surface area contributed by atoms with Gasteiger partial charge < -0.3 is 15.5 Å². The lowest BCUT2D eigenvalue weighted by atomic mass is 9.81. The van der Waals surface area contributed by atoms with Crippen molar-refractivity contribution in [3.05, 3.63) is 35.4 Å². The van der Waals surface area contributed by atoms with Gasteiger partial charge in [-0.15, -0.1) is 0 Å². The Morgan fingerprint density at radius 2 is 1.83 bits per heavy atom. The van der Waals surface area contributed by atoms with Crippen LogP contribution in [0.2, 0.25) is 0 Å². The lowest BCUT2D eigenvalue weighted by Crippen LogP contribution is -2.52. The molecule has 1 heterocycles.